The Balaban J connectivity index is 0.00000180. The summed E-state index contributed by atoms with van der Waals surface area (Å²) in [5.41, 5.74) is 3.40. The highest BCUT2D eigenvalue weighted by Crippen LogP contribution is 2.31. The molecule has 0 aromatic heterocycles. The topological polar surface area (TPSA) is 61.7 Å². The molecular formula is C12H13Cl3N2O2. The van der Waals surface area contributed by atoms with Gasteiger partial charge < -0.3 is 5.11 Å². The number of carbonyl (C=O) groups excluding carboxylic acids is 1. The molecule has 7 heteroatoms. The van der Waals surface area contributed by atoms with Gasteiger partial charge >= 0.3 is 0 Å². The number of amides is 1. The molecule has 1 aromatic carbocycles. The average Bonchev–Trinajstić information content (AvgIpc) is 2.83. The molecule has 2 rings (SSSR count). The highest BCUT2D eigenvalue weighted by atomic mass is 35.5. The zero-order chi connectivity index (χ0) is 13.1. The highest BCUT2D eigenvalue weighted by molar-refractivity contribution is 6.36. The first-order valence-electron chi connectivity index (χ1n) is 5.61. The minimum Gasteiger partial charge on any atom is -0.506 e. The van der Waals surface area contributed by atoms with Gasteiger partial charge in [0.05, 0.1) is 10.6 Å². The first-order valence-corrected chi connectivity index (χ1v) is 6.37. The second-order valence-electron chi connectivity index (χ2n) is 4.11. The van der Waals surface area contributed by atoms with Gasteiger partial charge in [-0.2, -0.15) is 5.10 Å². The smallest absolute Gasteiger partial charge is 0.275 e. The van der Waals surface area contributed by atoms with Crippen LogP contribution in [0.5, 0.6) is 5.75 Å². The van der Waals surface area contributed by atoms with Crippen LogP contribution in [0.25, 0.3) is 0 Å². The molecule has 0 bridgehead atoms. The van der Waals surface area contributed by atoms with Gasteiger partial charge in [-0.3, -0.25) is 4.79 Å². The predicted molar refractivity (Wildman–Crippen MR) is 78.7 cm³/mol. The molecule has 1 amide bonds. The molecule has 19 heavy (non-hydrogen) atoms. The number of benzene rings is 1. The molecule has 1 aromatic rings. The Morgan fingerprint density at radius 3 is 2.53 bits per heavy atom. The number of hydrazone groups is 1. The van der Waals surface area contributed by atoms with E-state index >= 15 is 0 Å². The second kappa shape index (κ2) is 6.98. The number of phenols is 1. The minimum atomic E-state index is -0.517. The van der Waals surface area contributed by atoms with Crippen LogP contribution in [0, 0.1) is 0 Å². The SMILES string of the molecule is Cl.O=C(NN=C1CCCC1)c1cc(Cl)cc(Cl)c1O. The van der Waals surface area contributed by atoms with E-state index in [1.807, 2.05) is 0 Å². The van der Waals surface area contributed by atoms with E-state index in [1.165, 1.54) is 12.1 Å². The molecule has 0 unspecified atom stereocenters. The van der Waals surface area contributed by atoms with Gasteiger partial charge in [-0.15, -0.1) is 12.4 Å². The maximum absolute atomic E-state index is 11.8. The third kappa shape index (κ3) is 4.00. The predicted octanol–water partition coefficient (Wildman–Crippen LogP) is 3.78. The Kier molecular flexibility index (Phi) is 5.91. The monoisotopic (exact) mass is 322 g/mol. The summed E-state index contributed by atoms with van der Waals surface area (Å²) in [6, 6.07) is 2.73. The van der Waals surface area contributed by atoms with Crippen molar-refractivity contribution >= 4 is 47.2 Å². The van der Waals surface area contributed by atoms with Gasteiger partial charge in [0.25, 0.3) is 5.91 Å². The largest absolute Gasteiger partial charge is 0.506 e. The van der Waals surface area contributed by atoms with Crippen molar-refractivity contribution in [1.29, 1.82) is 0 Å². The lowest BCUT2D eigenvalue weighted by atomic mass is 10.2. The summed E-state index contributed by atoms with van der Waals surface area (Å²) < 4.78 is 0. The van der Waals surface area contributed by atoms with Crippen LogP contribution in [0.1, 0.15) is 36.0 Å². The van der Waals surface area contributed by atoms with Crippen molar-refractivity contribution in [2.24, 2.45) is 5.10 Å². The molecule has 1 saturated carbocycles. The molecule has 0 aliphatic heterocycles. The lowest BCUT2D eigenvalue weighted by Gasteiger charge is -2.06. The quantitative estimate of drug-likeness (QED) is 0.814. The second-order valence-corrected chi connectivity index (χ2v) is 4.95. The van der Waals surface area contributed by atoms with Gasteiger partial charge in [-0.1, -0.05) is 23.2 Å². The van der Waals surface area contributed by atoms with Gasteiger partial charge in [0.1, 0.15) is 5.75 Å². The van der Waals surface area contributed by atoms with E-state index in [0.29, 0.717) is 0 Å². The van der Waals surface area contributed by atoms with Crippen LogP contribution in [0.15, 0.2) is 17.2 Å². The summed E-state index contributed by atoms with van der Waals surface area (Å²) in [5, 5.41) is 14.0. The van der Waals surface area contributed by atoms with Gasteiger partial charge in [0, 0.05) is 10.7 Å². The third-order valence-electron chi connectivity index (χ3n) is 2.77. The Bertz CT molecular complexity index is 510. The van der Waals surface area contributed by atoms with Gasteiger partial charge in [0.2, 0.25) is 0 Å². The molecule has 1 aliphatic carbocycles. The van der Waals surface area contributed by atoms with Crippen LogP contribution in [0.4, 0.5) is 0 Å². The highest BCUT2D eigenvalue weighted by Gasteiger charge is 2.15. The number of halogens is 3. The van der Waals surface area contributed by atoms with E-state index in [1.54, 1.807) is 0 Å². The van der Waals surface area contributed by atoms with Crippen molar-refractivity contribution in [3.05, 3.63) is 27.7 Å². The molecule has 2 N–H and O–H groups in total. The number of nitrogens with zero attached hydrogens (tertiary/aromatic N) is 1. The van der Waals surface area contributed by atoms with Crippen molar-refractivity contribution in [3.63, 3.8) is 0 Å². The molecular weight excluding hydrogens is 311 g/mol. The number of aromatic hydroxyl groups is 1. The minimum absolute atomic E-state index is 0. The van der Waals surface area contributed by atoms with E-state index < -0.39 is 5.91 Å². The molecule has 4 nitrogen and oxygen atoms in total. The molecule has 0 radical (unpaired) electrons. The van der Waals surface area contributed by atoms with Crippen LogP contribution >= 0.6 is 35.6 Å². The van der Waals surface area contributed by atoms with Crippen LogP contribution in [-0.2, 0) is 0 Å². The van der Waals surface area contributed by atoms with E-state index in [2.05, 4.69) is 10.5 Å². The fourth-order valence-electron chi connectivity index (χ4n) is 1.82. The van der Waals surface area contributed by atoms with Crippen molar-refractivity contribution in [2.75, 3.05) is 0 Å². The van der Waals surface area contributed by atoms with Crippen molar-refractivity contribution < 1.29 is 9.90 Å². The Morgan fingerprint density at radius 1 is 1.26 bits per heavy atom. The maximum Gasteiger partial charge on any atom is 0.275 e. The molecule has 0 heterocycles. The average molecular weight is 324 g/mol. The lowest BCUT2D eigenvalue weighted by molar-refractivity contribution is 0.0952. The van der Waals surface area contributed by atoms with E-state index in [-0.39, 0.29) is 33.8 Å². The lowest BCUT2D eigenvalue weighted by Crippen LogP contribution is -2.19. The Morgan fingerprint density at radius 2 is 1.89 bits per heavy atom. The summed E-state index contributed by atoms with van der Waals surface area (Å²) in [6.45, 7) is 0. The summed E-state index contributed by atoms with van der Waals surface area (Å²) in [6.07, 6.45) is 4.01. The standard InChI is InChI=1S/C12H12Cl2N2O2.ClH/c13-7-5-9(11(17)10(14)6-7)12(18)16-15-8-3-1-2-4-8;/h5-6,17H,1-4H2,(H,16,18);1H. The maximum atomic E-state index is 11.8. The number of rotatable bonds is 2. The van der Waals surface area contributed by atoms with Crippen LogP contribution in [0.3, 0.4) is 0 Å². The Labute approximate surface area is 127 Å². The number of phenolic OH excluding ortho intramolecular Hbond substituents is 1. The van der Waals surface area contributed by atoms with E-state index in [9.17, 15) is 9.90 Å². The summed E-state index contributed by atoms with van der Waals surface area (Å²) in [7, 11) is 0. The number of carbonyl (C=O) groups is 1. The molecule has 1 aliphatic rings. The molecule has 1 fully saturated rings. The van der Waals surface area contributed by atoms with E-state index in [0.717, 1.165) is 31.4 Å². The Hall–Kier alpha value is -0.970. The summed E-state index contributed by atoms with van der Waals surface area (Å²) >= 11 is 11.5. The van der Waals surface area contributed by atoms with Gasteiger partial charge in [-0.25, -0.2) is 5.43 Å². The summed E-state index contributed by atoms with van der Waals surface area (Å²) in [5.74, 6) is -0.804. The zero-order valence-corrected chi connectivity index (χ0v) is 12.3. The van der Waals surface area contributed by atoms with Crippen LogP contribution in [-0.4, -0.2) is 16.7 Å². The van der Waals surface area contributed by atoms with Crippen molar-refractivity contribution in [2.45, 2.75) is 25.7 Å². The van der Waals surface area contributed by atoms with Gasteiger partial charge in [-0.05, 0) is 37.8 Å². The summed E-state index contributed by atoms with van der Waals surface area (Å²) in [4.78, 5) is 11.8. The van der Waals surface area contributed by atoms with Crippen molar-refractivity contribution in [1.82, 2.24) is 5.43 Å². The number of hydrogen-bond acceptors (Lipinski definition) is 3. The molecule has 0 atom stereocenters. The number of nitrogens with one attached hydrogen (secondary N) is 1. The third-order valence-corrected chi connectivity index (χ3v) is 3.28. The number of hydrogen-bond donors (Lipinski definition) is 2. The fourth-order valence-corrected chi connectivity index (χ4v) is 2.32. The normalized spacial score (nSPS) is 13.9. The fraction of sp³-hybridized carbons (Fsp3) is 0.333. The molecule has 104 valence electrons. The first kappa shape index (κ1) is 16.1. The van der Waals surface area contributed by atoms with Gasteiger partial charge in [0.15, 0.2) is 0 Å². The molecule has 0 spiro atoms. The molecule has 0 saturated heterocycles. The first-order chi connectivity index (χ1) is 8.58. The van der Waals surface area contributed by atoms with E-state index in [4.69, 9.17) is 23.2 Å². The van der Waals surface area contributed by atoms with Crippen molar-refractivity contribution in [3.8, 4) is 5.75 Å². The van der Waals surface area contributed by atoms with Crippen LogP contribution in [0.2, 0.25) is 10.0 Å². The zero-order valence-electron chi connectivity index (χ0n) is 9.95. The van der Waals surface area contributed by atoms with Crippen LogP contribution < -0.4 is 5.43 Å².